The van der Waals surface area contributed by atoms with E-state index < -0.39 is 0 Å². The van der Waals surface area contributed by atoms with Crippen LogP contribution in [0.15, 0.2) is 60.7 Å². The summed E-state index contributed by atoms with van der Waals surface area (Å²) >= 11 is 2.50. The van der Waals surface area contributed by atoms with Gasteiger partial charge in [-0.05, 0) is 62.2 Å². The van der Waals surface area contributed by atoms with E-state index in [4.69, 9.17) is 9.47 Å². The maximum absolute atomic E-state index is 12.6. The fraction of sp³-hybridized carbons (Fsp3) is 0.590. The van der Waals surface area contributed by atoms with Gasteiger partial charge in [-0.2, -0.15) is 0 Å². The molecule has 2 aromatic rings. The number of carbonyl (C=O) groups excluding carboxylic acids is 4. The zero-order valence-corrected chi connectivity index (χ0v) is 41.0. The van der Waals surface area contributed by atoms with Crippen molar-refractivity contribution in [2.45, 2.75) is 75.8 Å². The second-order valence-corrected chi connectivity index (χ2v) is 15.0. The van der Waals surface area contributed by atoms with Crippen molar-refractivity contribution in [1.82, 2.24) is 20.0 Å². The third-order valence-electron chi connectivity index (χ3n) is 11.4. The second kappa shape index (κ2) is 22.0. The molecular formula is C39H51K3N4O6. The van der Waals surface area contributed by atoms with Crippen LogP contribution in [0.3, 0.4) is 0 Å². The zero-order chi connectivity index (χ0) is 35.9. The molecule has 10 nitrogen and oxygen atoms in total. The van der Waals surface area contributed by atoms with E-state index in [2.05, 4.69) is 17.3 Å². The van der Waals surface area contributed by atoms with Gasteiger partial charge in [-0.3, -0.25) is 19.2 Å². The minimum atomic E-state index is -0.355. The first-order chi connectivity index (χ1) is 24.9. The predicted molar refractivity (Wildman–Crippen MR) is 196 cm³/mol. The molecule has 2 saturated carbocycles. The van der Waals surface area contributed by atoms with Crippen molar-refractivity contribution in [2.24, 2.45) is 23.7 Å². The summed E-state index contributed by atoms with van der Waals surface area (Å²) in [5, 5.41) is 3.59. The van der Waals surface area contributed by atoms with Crippen LogP contribution >= 0.6 is 0 Å². The first-order valence-corrected chi connectivity index (χ1v) is 35.2. The molecule has 2 amide bonds. The molecule has 0 aromatic heterocycles. The van der Waals surface area contributed by atoms with Gasteiger partial charge in [-0.1, -0.05) is 60.7 Å². The molecule has 6 fully saturated rings. The number of benzene rings is 2. The molecular weight excluding hydrogens is 738 g/mol. The fourth-order valence-corrected chi connectivity index (χ4v) is 8.15. The van der Waals surface area contributed by atoms with Crippen LogP contribution < -0.4 is 56.7 Å². The third kappa shape index (κ3) is 12.0. The van der Waals surface area contributed by atoms with Crippen LogP contribution in [0.4, 0.5) is 0 Å². The van der Waals surface area contributed by atoms with Crippen LogP contribution in [0.5, 0.6) is 0 Å². The summed E-state index contributed by atoms with van der Waals surface area (Å²) in [6.45, 7) is 5.37. The van der Waals surface area contributed by atoms with Crippen molar-refractivity contribution in [3.8, 4) is 0 Å². The van der Waals surface area contributed by atoms with Crippen LogP contribution in [0, 0.1) is 23.7 Å². The average molecular weight is 789 g/mol. The number of amides is 2. The molecule has 0 spiro atoms. The van der Waals surface area contributed by atoms with Gasteiger partial charge in [-0.25, -0.2) is 0 Å². The van der Waals surface area contributed by atoms with E-state index >= 15 is 0 Å². The molecule has 52 heavy (non-hydrogen) atoms. The van der Waals surface area contributed by atoms with Crippen LogP contribution in [0.1, 0.15) is 51.1 Å². The number of nitrogens with zero attached hydrogens (tertiary/aromatic N) is 3. The normalized spacial score (nSPS) is 28.5. The average Bonchev–Trinajstić information content (AvgIpc) is 4.11. The number of ether oxygens (including phenoxy) is 2. The number of nitrogens with one attached hydrogen (secondary N) is 1. The standard InChI is InChI=1S/C20H26N2O3.C19H24N2O3.3K.H/c1-21(10-15-7-8-15)17-12-25-13-18-16(17)9-19(23)20(24)22(18)11-14-5-3-2-4-6-14;22-18-8-15-16(20-9-13-6-7-13)11-24-12-17(15)21(19(18)23)10-14-4-2-1-3-5-14;;;;/h2-6,15-18H,7-13H2,1H3;1-5,13,15-17,20H,6-12H2;;;;/q;;;;+1;-1/t16-,17+,18-;15-,16+,17-;;;;/m11..../s1. The molecule has 8 rings (SSSR count). The molecule has 2 aromatic carbocycles. The molecule has 6 aliphatic rings. The van der Waals surface area contributed by atoms with Gasteiger partial charge < -0.3 is 30.9 Å². The summed E-state index contributed by atoms with van der Waals surface area (Å²) in [6, 6.07) is 20.1. The monoisotopic (exact) mass is 788 g/mol. The molecule has 266 valence electrons. The Balaban J connectivity index is 0.000000218. The first kappa shape index (κ1) is 44.6. The molecule has 13 heteroatoms. The van der Waals surface area contributed by atoms with E-state index in [0.717, 1.165) is 36.1 Å². The Morgan fingerprint density at radius 2 is 1.19 bits per heavy atom. The van der Waals surface area contributed by atoms with Gasteiger partial charge in [0.1, 0.15) is 0 Å². The van der Waals surface area contributed by atoms with Crippen molar-refractivity contribution >= 4 is 86.5 Å². The number of fused-ring (bicyclic) bond motifs is 2. The number of ketones is 2. The Morgan fingerprint density at radius 1 is 0.712 bits per heavy atom. The van der Waals surface area contributed by atoms with Crippen molar-refractivity contribution in [3.05, 3.63) is 71.8 Å². The summed E-state index contributed by atoms with van der Waals surface area (Å²) in [7, 11) is 2.14. The first-order valence-electron chi connectivity index (χ1n) is 19.2. The third-order valence-corrected chi connectivity index (χ3v) is 11.4. The summed E-state index contributed by atoms with van der Waals surface area (Å²) in [5.41, 5.74) is 2.10. The van der Waals surface area contributed by atoms with Crippen molar-refractivity contribution in [3.63, 3.8) is 0 Å². The van der Waals surface area contributed by atoms with Gasteiger partial charge in [0.05, 0.1) is 38.5 Å². The molecule has 0 unspecified atom stereocenters. The topological polar surface area (TPSA) is 108 Å². The van der Waals surface area contributed by atoms with Gasteiger partial charge in [0.25, 0.3) is 11.8 Å². The molecule has 4 aliphatic heterocycles. The number of hydrogen-bond acceptors (Lipinski definition) is 8. The zero-order valence-electron chi connectivity index (χ0n) is 32.6. The number of likely N-dealkylation sites (N-methyl/N-ethyl adjacent to an activating group) is 1. The Kier molecular flexibility index (Phi) is 18.9. The molecule has 4 saturated heterocycles. The summed E-state index contributed by atoms with van der Waals surface area (Å²) in [6.07, 6.45) is 5.92. The fourth-order valence-electron chi connectivity index (χ4n) is 8.15. The predicted octanol–water partition coefficient (Wildman–Crippen LogP) is -0.560. The minimum absolute atomic E-state index is 0. The summed E-state index contributed by atoms with van der Waals surface area (Å²) in [4.78, 5) is 55.6. The number of rotatable bonds is 10. The van der Waals surface area contributed by atoms with Gasteiger partial charge in [0.2, 0.25) is 11.6 Å². The Morgan fingerprint density at radius 3 is 1.71 bits per heavy atom. The van der Waals surface area contributed by atoms with Crippen LogP contribution in [0.2, 0.25) is 0 Å². The second-order valence-electron chi connectivity index (χ2n) is 15.0. The summed E-state index contributed by atoms with van der Waals surface area (Å²) in [5.74, 6) is 0.707. The Bertz CT molecular complexity index is 1500. The van der Waals surface area contributed by atoms with Gasteiger partial charge in [0, 0.05) is 56.4 Å². The summed E-state index contributed by atoms with van der Waals surface area (Å²) < 4.78 is 11.7. The maximum atomic E-state index is 12.6. The molecule has 0 radical (unpaired) electrons. The number of Topliss-reactive ketones (excluding diaryl/α,β-unsaturated/α-hetero) is 2. The Hall–Kier alpha value is 1.47. The number of piperidine rings is 2. The molecule has 2 aliphatic carbocycles. The quantitative estimate of drug-likeness (QED) is 0.253. The number of hydrogen-bond donors (Lipinski definition) is 1. The molecule has 0 bridgehead atoms. The molecule has 4 heterocycles. The Labute approximate surface area is 398 Å². The van der Waals surface area contributed by atoms with Crippen LogP contribution in [0.25, 0.3) is 0 Å². The van der Waals surface area contributed by atoms with E-state index in [9.17, 15) is 19.2 Å². The van der Waals surface area contributed by atoms with E-state index in [1.807, 2.05) is 60.7 Å². The van der Waals surface area contributed by atoms with E-state index in [-0.39, 0.29) is 112 Å². The van der Waals surface area contributed by atoms with E-state index in [0.29, 0.717) is 52.4 Å². The van der Waals surface area contributed by atoms with Gasteiger partial charge in [0.15, 0.2) is 0 Å². The SMILES string of the molecule is CN(CC1CC1)[C@H]1COC[C@@H]2[C@@H]1CC(=O)C(=O)N2Cc1ccccc1.O=C1C[C@@H]2[C@@H](NCC3CC3)COC[C@H]2N(Cc2ccccc2)C1=O.[H-].[K+].[K][K]. The number of carbonyl (C=O) groups is 4. The van der Waals surface area contributed by atoms with Crippen LogP contribution in [-0.4, -0.2) is 172 Å². The van der Waals surface area contributed by atoms with Gasteiger partial charge >= 0.3 is 115 Å². The molecule has 6 atom stereocenters. The van der Waals surface area contributed by atoms with Crippen molar-refractivity contribution < 1.29 is 81.5 Å². The van der Waals surface area contributed by atoms with Gasteiger partial charge in [-0.15, -0.1) is 0 Å². The van der Waals surface area contributed by atoms with E-state index in [1.54, 1.807) is 9.80 Å². The number of likely N-dealkylation sites (tertiary alicyclic amines) is 2. The molecule has 1 N–H and O–H groups in total. The van der Waals surface area contributed by atoms with Crippen LogP contribution in [-0.2, 0) is 41.7 Å². The van der Waals surface area contributed by atoms with Crippen molar-refractivity contribution in [2.75, 3.05) is 46.6 Å². The van der Waals surface area contributed by atoms with Crippen molar-refractivity contribution in [1.29, 1.82) is 0 Å². The van der Waals surface area contributed by atoms with E-state index in [1.165, 1.54) is 88.8 Å².